The second-order valence-corrected chi connectivity index (χ2v) is 7.63. The number of hydrogen-bond acceptors (Lipinski definition) is 6. The van der Waals surface area contributed by atoms with Crippen molar-refractivity contribution in [3.63, 3.8) is 0 Å². The fourth-order valence-corrected chi connectivity index (χ4v) is 3.94. The third kappa shape index (κ3) is 5.81. The van der Waals surface area contributed by atoms with Crippen LogP contribution in [0.25, 0.3) is 6.08 Å². The van der Waals surface area contributed by atoms with Crippen LogP contribution in [0.3, 0.4) is 0 Å². The molecule has 1 aliphatic rings. The Hall–Kier alpha value is -2.38. The number of amides is 1. The maximum Gasteiger partial charge on any atom is 0.250 e. The van der Waals surface area contributed by atoms with Gasteiger partial charge < -0.3 is 9.47 Å². The van der Waals surface area contributed by atoms with E-state index in [1.165, 1.54) is 43.1 Å². The number of methoxy groups -OCH3 is 2. The van der Waals surface area contributed by atoms with Gasteiger partial charge in [0.2, 0.25) is 5.91 Å². The smallest absolute Gasteiger partial charge is 0.250 e. The molecule has 1 saturated heterocycles. The minimum absolute atomic E-state index is 0.203. The molecular formula is C21H27N3O3S. The number of rotatable bonds is 7. The van der Waals surface area contributed by atoms with Gasteiger partial charge in [0.25, 0.3) is 0 Å². The predicted octanol–water partition coefficient (Wildman–Crippen LogP) is 4.19. The molecule has 1 aromatic heterocycles. The maximum absolute atomic E-state index is 12.2. The van der Waals surface area contributed by atoms with Gasteiger partial charge in [-0.3, -0.25) is 15.0 Å². The minimum Gasteiger partial charge on any atom is -0.493 e. The van der Waals surface area contributed by atoms with E-state index in [-0.39, 0.29) is 5.91 Å². The normalized spacial score (nSPS) is 15.4. The van der Waals surface area contributed by atoms with E-state index in [9.17, 15) is 4.79 Å². The van der Waals surface area contributed by atoms with Crippen molar-refractivity contribution in [1.82, 2.24) is 9.88 Å². The molecule has 0 spiro atoms. The van der Waals surface area contributed by atoms with Gasteiger partial charge in [0, 0.05) is 18.0 Å². The lowest BCUT2D eigenvalue weighted by Crippen LogP contribution is -2.24. The number of nitrogens with one attached hydrogen (secondary N) is 1. The van der Waals surface area contributed by atoms with Crippen LogP contribution in [-0.2, 0) is 11.3 Å². The Balaban J connectivity index is 1.55. The molecule has 2 aromatic rings. The van der Waals surface area contributed by atoms with Crippen LogP contribution in [0.1, 0.15) is 36.9 Å². The van der Waals surface area contributed by atoms with Crippen LogP contribution in [0.15, 0.2) is 29.7 Å². The average molecular weight is 402 g/mol. The lowest BCUT2D eigenvalue weighted by atomic mass is 10.2. The number of benzene rings is 1. The summed E-state index contributed by atoms with van der Waals surface area (Å²) < 4.78 is 10.5. The molecule has 0 saturated carbocycles. The monoisotopic (exact) mass is 401 g/mol. The largest absolute Gasteiger partial charge is 0.493 e. The van der Waals surface area contributed by atoms with Crippen molar-refractivity contribution in [1.29, 1.82) is 0 Å². The molecular weight excluding hydrogens is 374 g/mol. The molecule has 1 amide bonds. The fourth-order valence-electron chi connectivity index (χ4n) is 3.24. The Kier molecular flexibility index (Phi) is 7.45. The van der Waals surface area contributed by atoms with Crippen LogP contribution in [0.2, 0.25) is 0 Å². The van der Waals surface area contributed by atoms with Gasteiger partial charge in [0.1, 0.15) is 0 Å². The first kappa shape index (κ1) is 20.4. The summed E-state index contributed by atoms with van der Waals surface area (Å²) in [7, 11) is 3.18. The van der Waals surface area contributed by atoms with Crippen LogP contribution in [-0.4, -0.2) is 43.1 Å². The van der Waals surface area contributed by atoms with Crippen LogP contribution >= 0.6 is 11.3 Å². The molecule has 0 bridgehead atoms. The molecule has 150 valence electrons. The number of ether oxygens (including phenoxy) is 2. The van der Waals surface area contributed by atoms with E-state index < -0.39 is 0 Å². The number of carbonyl (C=O) groups excluding carboxylic acids is 1. The number of aromatic nitrogens is 1. The molecule has 0 unspecified atom stereocenters. The second kappa shape index (κ2) is 10.2. The summed E-state index contributed by atoms with van der Waals surface area (Å²) in [5, 5.41) is 5.50. The molecule has 0 aliphatic carbocycles. The van der Waals surface area contributed by atoms with Crippen molar-refractivity contribution in [2.75, 3.05) is 32.6 Å². The van der Waals surface area contributed by atoms with E-state index >= 15 is 0 Å². The molecule has 6 nitrogen and oxygen atoms in total. The fraction of sp³-hybridized carbons (Fsp3) is 0.429. The quantitative estimate of drug-likeness (QED) is 0.705. The first-order valence-corrected chi connectivity index (χ1v) is 10.4. The van der Waals surface area contributed by atoms with Crippen molar-refractivity contribution in [3.8, 4) is 11.5 Å². The van der Waals surface area contributed by atoms with Gasteiger partial charge in [-0.15, -0.1) is 11.3 Å². The highest BCUT2D eigenvalue weighted by Gasteiger charge is 2.12. The molecule has 1 aliphatic heterocycles. The van der Waals surface area contributed by atoms with Crippen molar-refractivity contribution in [2.24, 2.45) is 0 Å². The highest BCUT2D eigenvalue weighted by Crippen LogP contribution is 2.28. The number of thiazole rings is 1. The Bertz CT molecular complexity index is 811. The summed E-state index contributed by atoms with van der Waals surface area (Å²) in [6.45, 7) is 3.12. The standard InChI is InChI=1S/C21H27N3O3S/c1-26-18-9-7-16(13-19(18)27-2)8-10-20(25)23-21-22-17(15-28-21)14-24-11-5-3-4-6-12-24/h7-10,13,15H,3-6,11-12,14H2,1-2H3,(H,22,23,25). The number of carbonyl (C=O) groups is 1. The maximum atomic E-state index is 12.2. The molecule has 28 heavy (non-hydrogen) atoms. The lowest BCUT2D eigenvalue weighted by Gasteiger charge is -2.17. The number of hydrogen-bond donors (Lipinski definition) is 1. The number of likely N-dealkylation sites (tertiary alicyclic amines) is 1. The Morgan fingerprint density at radius 3 is 2.64 bits per heavy atom. The van der Waals surface area contributed by atoms with Gasteiger partial charge in [-0.1, -0.05) is 18.9 Å². The molecule has 1 fully saturated rings. The van der Waals surface area contributed by atoms with Crippen molar-refractivity contribution >= 4 is 28.5 Å². The Labute approximate surface area is 170 Å². The summed E-state index contributed by atoms with van der Waals surface area (Å²) in [4.78, 5) is 19.2. The third-order valence-electron chi connectivity index (χ3n) is 4.70. The van der Waals surface area contributed by atoms with Crippen LogP contribution in [0.4, 0.5) is 5.13 Å². The number of anilines is 1. The Morgan fingerprint density at radius 2 is 1.93 bits per heavy atom. The zero-order valence-corrected chi connectivity index (χ0v) is 17.3. The molecule has 0 radical (unpaired) electrons. The summed E-state index contributed by atoms with van der Waals surface area (Å²) >= 11 is 1.46. The molecule has 7 heteroatoms. The van der Waals surface area contributed by atoms with Crippen LogP contribution in [0, 0.1) is 0 Å². The van der Waals surface area contributed by atoms with E-state index in [4.69, 9.17) is 9.47 Å². The highest BCUT2D eigenvalue weighted by atomic mass is 32.1. The van der Waals surface area contributed by atoms with E-state index in [2.05, 4.69) is 15.2 Å². The van der Waals surface area contributed by atoms with Crippen molar-refractivity contribution in [2.45, 2.75) is 32.2 Å². The first-order chi connectivity index (χ1) is 13.7. The van der Waals surface area contributed by atoms with Gasteiger partial charge in [-0.05, 0) is 49.7 Å². The van der Waals surface area contributed by atoms with Crippen LogP contribution < -0.4 is 14.8 Å². The van der Waals surface area contributed by atoms with E-state index in [0.717, 1.165) is 30.9 Å². The summed E-state index contributed by atoms with van der Waals surface area (Å²) in [6.07, 6.45) is 8.39. The first-order valence-electron chi connectivity index (χ1n) is 9.56. The second-order valence-electron chi connectivity index (χ2n) is 6.77. The molecule has 3 rings (SSSR count). The summed E-state index contributed by atoms with van der Waals surface area (Å²) in [6, 6.07) is 5.51. The zero-order chi connectivity index (χ0) is 19.8. The summed E-state index contributed by atoms with van der Waals surface area (Å²) in [5.41, 5.74) is 1.87. The molecule has 2 heterocycles. The summed E-state index contributed by atoms with van der Waals surface area (Å²) in [5.74, 6) is 1.08. The van der Waals surface area contributed by atoms with Gasteiger partial charge >= 0.3 is 0 Å². The van der Waals surface area contributed by atoms with Crippen molar-refractivity contribution in [3.05, 3.63) is 40.9 Å². The van der Waals surface area contributed by atoms with Gasteiger partial charge in [-0.25, -0.2) is 4.98 Å². The SMILES string of the molecule is COc1ccc(C=CC(=O)Nc2nc(CN3CCCCCC3)cs2)cc1OC. The third-order valence-corrected chi connectivity index (χ3v) is 5.51. The van der Waals surface area contributed by atoms with E-state index in [1.807, 2.05) is 23.6 Å². The van der Waals surface area contributed by atoms with Gasteiger partial charge in [0.05, 0.1) is 19.9 Å². The molecule has 1 N–H and O–H groups in total. The lowest BCUT2D eigenvalue weighted by molar-refractivity contribution is -0.111. The van der Waals surface area contributed by atoms with E-state index in [0.29, 0.717) is 16.6 Å². The topological polar surface area (TPSA) is 63.7 Å². The van der Waals surface area contributed by atoms with Crippen molar-refractivity contribution < 1.29 is 14.3 Å². The average Bonchev–Trinajstić information content (AvgIpc) is 2.98. The molecule has 1 aromatic carbocycles. The van der Waals surface area contributed by atoms with Gasteiger partial charge in [0.15, 0.2) is 16.6 Å². The Morgan fingerprint density at radius 1 is 1.18 bits per heavy atom. The number of nitrogens with zero attached hydrogens (tertiary/aromatic N) is 2. The minimum atomic E-state index is -0.203. The van der Waals surface area contributed by atoms with Crippen LogP contribution in [0.5, 0.6) is 11.5 Å². The molecule has 0 atom stereocenters. The highest BCUT2D eigenvalue weighted by molar-refractivity contribution is 7.13. The predicted molar refractivity (Wildman–Crippen MR) is 113 cm³/mol. The van der Waals surface area contributed by atoms with Gasteiger partial charge in [-0.2, -0.15) is 0 Å². The zero-order valence-electron chi connectivity index (χ0n) is 16.4. The van der Waals surface area contributed by atoms with E-state index in [1.54, 1.807) is 20.3 Å².